The predicted molar refractivity (Wildman–Crippen MR) is 200 cm³/mol. The zero-order valence-electron chi connectivity index (χ0n) is 31.4. The van der Waals surface area contributed by atoms with Gasteiger partial charge in [0.05, 0.1) is 40.2 Å². The Morgan fingerprint density at radius 2 is 1.78 bits per heavy atom. The summed E-state index contributed by atoms with van der Waals surface area (Å²) in [5.41, 5.74) is 5.73. The maximum absolute atomic E-state index is 12.7. The second kappa shape index (κ2) is 12.1. The van der Waals surface area contributed by atoms with E-state index < -0.39 is 5.60 Å². The number of carbonyl (C=O) groups excluding carboxylic acids is 1. The third kappa shape index (κ3) is 5.96. The molecule has 1 aliphatic carbocycles. The van der Waals surface area contributed by atoms with E-state index in [9.17, 15) is 4.79 Å². The molecule has 8 rings (SSSR count). The van der Waals surface area contributed by atoms with E-state index in [0.717, 1.165) is 121 Å². The summed E-state index contributed by atoms with van der Waals surface area (Å²) in [6, 6.07) is 2.39. The second-order valence-electron chi connectivity index (χ2n) is 17.1. The molecule has 0 bridgehead atoms. The fourth-order valence-electron chi connectivity index (χ4n) is 8.95. The molecule has 1 aromatic carbocycles. The Morgan fingerprint density at radius 3 is 2.43 bits per heavy atom. The second-order valence-corrected chi connectivity index (χ2v) is 17.5. The van der Waals surface area contributed by atoms with Crippen molar-refractivity contribution in [1.82, 2.24) is 34.2 Å². The number of aromatic nitrogens is 6. The molecule has 1 saturated carbocycles. The van der Waals surface area contributed by atoms with Crippen LogP contribution in [0.25, 0.3) is 22.0 Å². The molecule has 1 atom stereocenters. The van der Waals surface area contributed by atoms with Gasteiger partial charge in [-0.05, 0) is 92.2 Å². The van der Waals surface area contributed by atoms with Gasteiger partial charge in [0.2, 0.25) is 0 Å². The van der Waals surface area contributed by atoms with Crippen LogP contribution in [-0.2, 0) is 16.5 Å². The van der Waals surface area contributed by atoms with Gasteiger partial charge in [-0.3, -0.25) is 9.36 Å². The first-order chi connectivity index (χ1) is 24.1. The summed E-state index contributed by atoms with van der Waals surface area (Å²) >= 11 is 7.38. The molecule has 6 heterocycles. The normalized spacial score (nSPS) is 22.1. The van der Waals surface area contributed by atoms with Crippen molar-refractivity contribution in [2.45, 2.75) is 104 Å². The number of hydrogen-bond donors (Lipinski definition) is 0. The number of rotatable bonds is 5. The predicted octanol–water partition coefficient (Wildman–Crippen LogP) is 7.28. The number of fused-ring (bicyclic) bond motifs is 1. The van der Waals surface area contributed by atoms with Gasteiger partial charge in [0.15, 0.2) is 12.0 Å². The van der Waals surface area contributed by atoms with Crippen LogP contribution in [0.3, 0.4) is 0 Å². The molecule has 4 aromatic rings. The number of aryl methyl sites for hydroxylation is 2. The molecule has 12 nitrogen and oxygen atoms in total. The lowest BCUT2D eigenvalue weighted by molar-refractivity contribution is -0.0930. The molecule has 1 spiro atoms. The van der Waals surface area contributed by atoms with Crippen LogP contribution in [0.4, 0.5) is 16.3 Å². The summed E-state index contributed by atoms with van der Waals surface area (Å²) in [6.07, 6.45) is 10.8. The van der Waals surface area contributed by atoms with Gasteiger partial charge in [0, 0.05) is 80.2 Å². The third-order valence-electron chi connectivity index (χ3n) is 11.4. The number of likely N-dealkylation sites (tertiary alicyclic amines) is 1. The average molecular weight is 718 g/mol. The maximum atomic E-state index is 12.7. The van der Waals surface area contributed by atoms with Gasteiger partial charge in [0.25, 0.3) is 0 Å². The van der Waals surface area contributed by atoms with Crippen molar-refractivity contribution in [1.29, 1.82) is 0 Å². The first kappa shape index (κ1) is 34.3. The molecule has 51 heavy (non-hydrogen) atoms. The standard InChI is InChI=1S/C38H52ClN9O3/c1-24-15-29-28(19-41-48(29)30-11-9-10-14-50-30)32(33(24)39)31-25(2)47(26-16-38(17-26)22-45(23-38)35(49)51-36(3,4)5)42-34(31)46-13-12-44(21-37(46,6)7)27-18-40-43(8)20-27/h15,18-20,26,30H,9-14,16-17,21-23H2,1-8H3. The highest BCUT2D eigenvalue weighted by Gasteiger charge is 2.56. The number of carbonyl (C=O) groups is 1. The topological polar surface area (TPSA) is 98.7 Å². The molecule has 3 saturated heterocycles. The van der Waals surface area contributed by atoms with Crippen LogP contribution in [0.1, 0.15) is 90.2 Å². The number of hydrogen-bond acceptors (Lipinski definition) is 8. The molecule has 3 aromatic heterocycles. The van der Waals surface area contributed by atoms with E-state index in [1.54, 1.807) is 0 Å². The van der Waals surface area contributed by atoms with Gasteiger partial charge >= 0.3 is 6.09 Å². The Balaban J connectivity index is 1.17. The SMILES string of the molecule is Cc1cc2c(cnn2C2CCCCO2)c(-c2c(N3CCN(c4cnn(C)c4)CC3(C)C)nn(C3CC4(C3)CN(C(=O)OC(C)(C)C)C4)c2C)c1Cl. The van der Waals surface area contributed by atoms with Crippen LogP contribution in [0.15, 0.2) is 24.7 Å². The van der Waals surface area contributed by atoms with Gasteiger partial charge in [-0.15, -0.1) is 0 Å². The summed E-state index contributed by atoms with van der Waals surface area (Å²) in [7, 11) is 1.96. The van der Waals surface area contributed by atoms with Crippen molar-refractivity contribution >= 4 is 40.1 Å². The number of nitrogens with zero attached hydrogens (tertiary/aromatic N) is 9. The van der Waals surface area contributed by atoms with E-state index in [-0.39, 0.29) is 29.3 Å². The lowest BCUT2D eigenvalue weighted by atomic mass is 9.61. The maximum Gasteiger partial charge on any atom is 0.410 e. The van der Waals surface area contributed by atoms with Crippen LogP contribution in [0, 0.1) is 19.3 Å². The van der Waals surface area contributed by atoms with Crippen LogP contribution in [0.5, 0.6) is 0 Å². The Hall–Kier alpha value is -3.77. The minimum absolute atomic E-state index is 0.0821. The van der Waals surface area contributed by atoms with Crippen molar-refractivity contribution in [2.75, 3.05) is 49.1 Å². The summed E-state index contributed by atoms with van der Waals surface area (Å²) in [4.78, 5) is 19.5. The van der Waals surface area contributed by atoms with Crippen molar-refractivity contribution in [3.8, 4) is 11.1 Å². The van der Waals surface area contributed by atoms with Crippen LogP contribution in [0.2, 0.25) is 5.02 Å². The van der Waals surface area contributed by atoms with Gasteiger partial charge in [-0.2, -0.15) is 15.3 Å². The highest BCUT2D eigenvalue weighted by atomic mass is 35.5. The first-order valence-corrected chi connectivity index (χ1v) is 18.9. The summed E-state index contributed by atoms with van der Waals surface area (Å²) in [5.74, 6) is 0.962. The van der Waals surface area contributed by atoms with Crippen molar-refractivity contribution in [3.05, 3.63) is 40.9 Å². The molecule has 1 amide bonds. The van der Waals surface area contributed by atoms with Crippen LogP contribution in [-0.4, -0.2) is 90.8 Å². The number of halogens is 1. The third-order valence-corrected chi connectivity index (χ3v) is 11.9. The molecule has 4 fully saturated rings. The summed E-state index contributed by atoms with van der Waals surface area (Å²) < 4.78 is 18.0. The lowest BCUT2D eigenvalue weighted by Gasteiger charge is -2.58. The van der Waals surface area contributed by atoms with E-state index in [1.807, 2.05) is 49.8 Å². The van der Waals surface area contributed by atoms with Crippen LogP contribution < -0.4 is 9.80 Å². The van der Waals surface area contributed by atoms with E-state index in [0.29, 0.717) is 0 Å². The summed E-state index contributed by atoms with van der Waals surface area (Å²) in [5, 5.41) is 16.6. The van der Waals surface area contributed by atoms with E-state index in [4.69, 9.17) is 31.3 Å². The van der Waals surface area contributed by atoms with Gasteiger partial charge in [-0.25, -0.2) is 9.48 Å². The molecule has 274 valence electrons. The minimum atomic E-state index is -0.499. The Labute approximate surface area is 305 Å². The Kier molecular flexibility index (Phi) is 8.18. The van der Waals surface area contributed by atoms with E-state index in [2.05, 4.69) is 64.2 Å². The van der Waals surface area contributed by atoms with Crippen LogP contribution >= 0.6 is 11.6 Å². The van der Waals surface area contributed by atoms with Crippen molar-refractivity contribution < 1.29 is 14.3 Å². The number of piperazine rings is 1. The molecular formula is C38H52ClN9O3. The molecule has 1 unspecified atom stereocenters. The number of benzene rings is 1. The zero-order valence-corrected chi connectivity index (χ0v) is 32.1. The van der Waals surface area contributed by atoms with E-state index >= 15 is 0 Å². The monoisotopic (exact) mass is 717 g/mol. The van der Waals surface area contributed by atoms with Gasteiger partial charge < -0.3 is 24.2 Å². The number of ether oxygens (including phenoxy) is 2. The Bertz CT molecular complexity index is 1970. The highest BCUT2D eigenvalue weighted by Crippen LogP contribution is 2.56. The van der Waals surface area contributed by atoms with Crippen molar-refractivity contribution in [3.63, 3.8) is 0 Å². The smallest absolute Gasteiger partial charge is 0.410 e. The van der Waals surface area contributed by atoms with E-state index in [1.165, 1.54) is 0 Å². The quantitative estimate of drug-likeness (QED) is 0.213. The largest absolute Gasteiger partial charge is 0.444 e. The average Bonchev–Trinajstić information content (AvgIpc) is 3.73. The number of anilines is 2. The fourth-order valence-corrected chi connectivity index (χ4v) is 9.20. The first-order valence-electron chi connectivity index (χ1n) is 18.5. The molecule has 13 heteroatoms. The summed E-state index contributed by atoms with van der Waals surface area (Å²) in [6.45, 7) is 19.3. The lowest BCUT2D eigenvalue weighted by Crippen LogP contribution is -2.64. The van der Waals surface area contributed by atoms with Crippen molar-refractivity contribution in [2.24, 2.45) is 12.5 Å². The zero-order chi connectivity index (χ0) is 36.0. The molecule has 4 aliphatic rings. The molecule has 0 N–H and O–H groups in total. The van der Waals surface area contributed by atoms with Gasteiger partial charge in [0.1, 0.15) is 5.60 Å². The minimum Gasteiger partial charge on any atom is -0.444 e. The number of amides is 1. The Morgan fingerprint density at radius 1 is 1.02 bits per heavy atom. The highest BCUT2D eigenvalue weighted by molar-refractivity contribution is 6.36. The van der Waals surface area contributed by atoms with Gasteiger partial charge in [-0.1, -0.05) is 11.6 Å². The molecule has 0 radical (unpaired) electrons. The fraction of sp³-hybridized carbons (Fsp3) is 0.632. The molecule has 3 aliphatic heterocycles. The molecular weight excluding hydrogens is 666 g/mol.